The normalized spacial score (nSPS) is 11.9. The molecular weight excluding hydrogens is 278 g/mol. The highest BCUT2D eigenvalue weighted by Gasteiger charge is 2.13. The summed E-state index contributed by atoms with van der Waals surface area (Å²) < 4.78 is 0. The molecule has 0 saturated heterocycles. The Balaban J connectivity index is 2.18. The number of aromatic nitrogens is 1. The number of hydrogen-bond acceptors (Lipinski definition) is 0. The van der Waals surface area contributed by atoms with E-state index in [0.29, 0.717) is 0 Å². The van der Waals surface area contributed by atoms with Crippen molar-refractivity contribution in [2.75, 3.05) is 0 Å². The third kappa shape index (κ3) is 1.62. The molecule has 0 aliphatic heterocycles. The fraction of sp³-hybridized carbons (Fsp3) is 0.0909. The van der Waals surface area contributed by atoms with Crippen molar-refractivity contribution in [3.63, 3.8) is 0 Å². The maximum absolute atomic E-state index is 3.64. The number of H-pyrrole nitrogens is 1. The molecule has 110 valence electrons. The molecule has 0 bridgehead atoms. The van der Waals surface area contributed by atoms with Crippen LogP contribution in [0.4, 0.5) is 0 Å². The number of aryl methyl sites for hydroxylation is 2. The first-order chi connectivity index (χ1) is 11.2. The quantitative estimate of drug-likeness (QED) is 0.348. The smallest absolute Gasteiger partial charge is 0.0474 e. The largest absolute Gasteiger partial charge is 0.354 e. The highest BCUT2D eigenvalue weighted by Crippen LogP contribution is 2.38. The van der Waals surface area contributed by atoms with Gasteiger partial charge in [0.05, 0.1) is 0 Å². The Kier molecular flexibility index (Phi) is 2.41. The Hall–Kier alpha value is -2.80. The monoisotopic (exact) mass is 295 g/mol. The number of benzene rings is 4. The van der Waals surface area contributed by atoms with Crippen LogP contribution in [0.3, 0.4) is 0 Å². The van der Waals surface area contributed by atoms with Gasteiger partial charge >= 0.3 is 0 Å². The van der Waals surface area contributed by atoms with Gasteiger partial charge in [-0.15, -0.1) is 0 Å². The summed E-state index contributed by atoms with van der Waals surface area (Å²) in [5.74, 6) is 0. The van der Waals surface area contributed by atoms with Crippen molar-refractivity contribution in [2.45, 2.75) is 13.8 Å². The zero-order valence-electron chi connectivity index (χ0n) is 13.3. The highest BCUT2D eigenvalue weighted by molar-refractivity contribution is 6.28. The highest BCUT2D eigenvalue weighted by atomic mass is 14.7. The second kappa shape index (κ2) is 4.36. The van der Waals surface area contributed by atoms with E-state index in [-0.39, 0.29) is 0 Å². The van der Waals surface area contributed by atoms with Crippen LogP contribution in [0.25, 0.3) is 43.4 Å². The average Bonchev–Trinajstić information content (AvgIpc) is 2.93. The molecular formula is C22H17N. The van der Waals surface area contributed by atoms with Crippen molar-refractivity contribution in [1.29, 1.82) is 0 Å². The van der Waals surface area contributed by atoms with Gasteiger partial charge in [-0.2, -0.15) is 0 Å². The molecule has 0 aliphatic carbocycles. The van der Waals surface area contributed by atoms with Crippen molar-refractivity contribution in [3.05, 3.63) is 71.8 Å². The van der Waals surface area contributed by atoms with E-state index >= 15 is 0 Å². The van der Waals surface area contributed by atoms with Gasteiger partial charge in [-0.05, 0) is 58.7 Å². The van der Waals surface area contributed by atoms with Gasteiger partial charge in [-0.25, -0.2) is 0 Å². The molecule has 0 aliphatic rings. The first kappa shape index (κ1) is 12.7. The summed E-state index contributed by atoms with van der Waals surface area (Å²) in [7, 11) is 0. The minimum absolute atomic E-state index is 1.23. The lowest BCUT2D eigenvalue weighted by Crippen LogP contribution is -1.82. The van der Waals surface area contributed by atoms with Crippen LogP contribution >= 0.6 is 0 Å². The van der Waals surface area contributed by atoms with Gasteiger partial charge in [-0.1, -0.05) is 48.5 Å². The van der Waals surface area contributed by atoms with E-state index in [1.807, 2.05) is 0 Å². The maximum atomic E-state index is 3.64. The second-order valence-corrected chi connectivity index (χ2v) is 6.45. The summed E-state index contributed by atoms with van der Waals surface area (Å²) in [4.78, 5) is 3.64. The summed E-state index contributed by atoms with van der Waals surface area (Å²) in [6, 6.07) is 22.0. The van der Waals surface area contributed by atoms with Gasteiger partial charge in [0.1, 0.15) is 0 Å². The topological polar surface area (TPSA) is 15.8 Å². The number of rotatable bonds is 0. The van der Waals surface area contributed by atoms with Gasteiger partial charge in [0.2, 0.25) is 0 Å². The first-order valence-electron chi connectivity index (χ1n) is 8.06. The van der Waals surface area contributed by atoms with Crippen molar-refractivity contribution < 1.29 is 0 Å². The fourth-order valence-electron chi connectivity index (χ4n) is 3.99. The zero-order valence-corrected chi connectivity index (χ0v) is 13.3. The maximum Gasteiger partial charge on any atom is 0.0474 e. The summed E-state index contributed by atoms with van der Waals surface area (Å²) in [6.07, 6.45) is 0. The molecule has 1 heterocycles. The lowest BCUT2D eigenvalue weighted by Gasteiger charge is -2.07. The predicted molar refractivity (Wildman–Crippen MR) is 100 cm³/mol. The van der Waals surface area contributed by atoms with Crippen LogP contribution < -0.4 is 0 Å². The number of hydrogen-bond donors (Lipinski definition) is 1. The molecule has 1 nitrogen and oxygen atoms in total. The average molecular weight is 295 g/mol. The van der Waals surface area contributed by atoms with Crippen LogP contribution in [0.15, 0.2) is 60.7 Å². The second-order valence-electron chi connectivity index (χ2n) is 6.45. The van der Waals surface area contributed by atoms with Crippen LogP contribution in [-0.4, -0.2) is 4.98 Å². The Bertz CT molecular complexity index is 1130. The Morgan fingerprint density at radius 2 is 0.957 bits per heavy atom. The molecule has 0 radical (unpaired) electrons. The first-order valence-corrected chi connectivity index (χ1v) is 8.06. The summed E-state index contributed by atoms with van der Waals surface area (Å²) in [5, 5.41) is 8.04. The van der Waals surface area contributed by atoms with Crippen molar-refractivity contribution in [3.8, 4) is 0 Å². The SMILES string of the molecule is Cc1cc2[nH]c3cc(C)c4ccccc4c3c2c2ccccc12. The molecule has 0 unspecified atom stereocenters. The molecule has 0 saturated carbocycles. The number of fused-ring (bicyclic) bond motifs is 7. The number of nitrogens with one attached hydrogen (secondary N) is 1. The van der Waals surface area contributed by atoms with Crippen molar-refractivity contribution in [2.24, 2.45) is 0 Å². The van der Waals surface area contributed by atoms with Crippen LogP contribution in [0.2, 0.25) is 0 Å². The lowest BCUT2D eigenvalue weighted by atomic mass is 9.96. The fourth-order valence-corrected chi connectivity index (χ4v) is 3.99. The van der Waals surface area contributed by atoms with E-state index in [2.05, 4.69) is 79.5 Å². The molecule has 1 aromatic heterocycles. The molecule has 0 spiro atoms. The van der Waals surface area contributed by atoms with Gasteiger partial charge in [0.25, 0.3) is 0 Å². The molecule has 1 heteroatoms. The molecule has 0 atom stereocenters. The molecule has 0 fully saturated rings. The summed E-state index contributed by atoms with van der Waals surface area (Å²) in [5.41, 5.74) is 5.10. The molecule has 5 rings (SSSR count). The van der Waals surface area contributed by atoms with Crippen molar-refractivity contribution >= 4 is 43.4 Å². The minimum atomic E-state index is 1.23. The Labute approximate surface area is 134 Å². The van der Waals surface area contributed by atoms with Crippen LogP contribution in [-0.2, 0) is 0 Å². The predicted octanol–water partition coefficient (Wildman–Crippen LogP) is 6.24. The van der Waals surface area contributed by atoms with Crippen LogP contribution in [0.1, 0.15) is 11.1 Å². The van der Waals surface area contributed by atoms with E-state index in [1.54, 1.807) is 0 Å². The minimum Gasteiger partial charge on any atom is -0.354 e. The van der Waals surface area contributed by atoms with E-state index in [4.69, 9.17) is 0 Å². The van der Waals surface area contributed by atoms with E-state index in [1.165, 1.54) is 54.5 Å². The third-order valence-electron chi connectivity index (χ3n) is 5.02. The van der Waals surface area contributed by atoms with Crippen LogP contribution in [0, 0.1) is 13.8 Å². The number of aromatic amines is 1. The van der Waals surface area contributed by atoms with E-state index in [0.717, 1.165) is 0 Å². The van der Waals surface area contributed by atoms with E-state index in [9.17, 15) is 0 Å². The van der Waals surface area contributed by atoms with E-state index < -0.39 is 0 Å². The van der Waals surface area contributed by atoms with Gasteiger partial charge < -0.3 is 4.98 Å². The van der Waals surface area contributed by atoms with Crippen molar-refractivity contribution in [1.82, 2.24) is 4.98 Å². The molecule has 1 N–H and O–H groups in total. The molecule has 0 amide bonds. The van der Waals surface area contributed by atoms with Gasteiger partial charge in [-0.3, -0.25) is 0 Å². The van der Waals surface area contributed by atoms with Crippen LogP contribution in [0.5, 0.6) is 0 Å². The molecule has 23 heavy (non-hydrogen) atoms. The standard InChI is InChI=1S/C22H17N/c1-13-11-19-21(17-9-5-3-7-15(13)17)22-18-10-6-4-8-16(18)14(2)12-20(22)23-19/h3-12,23H,1-2H3. The Morgan fingerprint density at radius 3 is 1.39 bits per heavy atom. The van der Waals surface area contributed by atoms with Gasteiger partial charge in [0.15, 0.2) is 0 Å². The Morgan fingerprint density at radius 1 is 0.565 bits per heavy atom. The third-order valence-corrected chi connectivity index (χ3v) is 5.02. The molecule has 4 aromatic carbocycles. The summed E-state index contributed by atoms with van der Waals surface area (Å²) >= 11 is 0. The zero-order chi connectivity index (χ0) is 15.6. The lowest BCUT2D eigenvalue weighted by molar-refractivity contribution is 1.48. The van der Waals surface area contributed by atoms with Gasteiger partial charge in [0, 0.05) is 21.8 Å². The summed E-state index contributed by atoms with van der Waals surface area (Å²) in [6.45, 7) is 4.38. The molecule has 5 aromatic rings.